The largest absolute Gasteiger partial charge is 0.481 e. The zero-order valence-electron chi connectivity index (χ0n) is 12.7. The number of halogens is 3. The minimum atomic E-state index is -4.67. The van der Waals surface area contributed by atoms with Crippen molar-refractivity contribution >= 4 is 23.2 Å². The lowest BCUT2D eigenvalue weighted by Crippen LogP contribution is -2.34. The van der Waals surface area contributed by atoms with E-state index >= 15 is 0 Å². The van der Waals surface area contributed by atoms with Gasteiger partial charge in [-0.3, -0.25) is 9.59 Å². The molecule has 0 bridgehead atoms. The molecule has 132 valence electrons. The number of carbonyl (C=O) groups excluding carboxylic acids is 1. The van der Waals surface area contributed by atoms with Gasteiger partial charge in [0.15, 0.2) is 0 Å². The van der Waals surface area contributed by atoms with Gasteiger partial charge in [-0.25, -0.2) is 4.98 Å². The van der Waals surface area contributed by atoms with E-state index in [4.69, 9.17) is 5.11 Å². The number of aromatic nitrogens is 1. The highest BCUT2D eigenvalue weighted by Crippen LogP contribution is 2.38. The number of carboxylic acid groups (broad SMARTS) is 1. The maximum atomic E-state index is 13.0. The summed E-state index contributed by atoms with van der Waals surface area (Å²) in [5.41, 5.74) is 0.796. The van der Waals surface area contributed by atoms with E-state index in [-0.39, 0.29) is 4.88 Å². The van der Waals surface area contributed by atoms with Crippen molar-refractivity contribution in [1.82, 2.24) is 9.88 Å². The Morgan fingerprint density at radius 2 is 1.88 bits per heavy atom. The summed E-state index contributed by atoms with van der Waals surface area (Å²) in [5, 5.41) is 9.60. The zero-order chi connectivity index (χ0) is 18.2. The second-order valence-corrected chi connectivity index (χ2v) is 6.73. The first-order valence-electron chi connectivity index (χ1n) is 7.37. The maximum Gasteiger partial charge on any atom is 0.394 e. The Bertz CT molecular complexity index is 791. The molecular formula is C16H13F3N2O3S. The first kappa shape index (κ1) is 17.4. The van der Waals surface area contributed by atoms with E-state index in [1.807, 2.05) is 30.3 Å². The average molecular weight is 370 g/mol. The highest BCUT2D eigenvalue weighted by Gasteiger charge is 2.53. The fourth-order valence-electron chi connectivity index (χ4n) is 2.79. The molecule has 9 heteroatoms. The molecule has 2 aromatic rings. The van der Waals surface area contributed by atoms with Crippen LogP contribution in [0.1, 0.15) is 9.67 Å². The van der Waals surface area contributed by atoms with Gasteiger partial charge in [-0.2, -0.15) is 13.2 Å². The predicted molar refractivity (Wildman–Crippen MR) is 84.1 cm³/mol. The van der Waals surface area contributed by atoms with E-state index in [1.165, 1.54) is 6.20 Å². The Kier molecular flexibility index (Phi) is 4.51. The first-order chi connectivity index (χ1) is 11.8. The van der Waals surface area contributed by atoms with Crippen LogP contribution in [0.5, 0.6) is 0 Å². The number of amides is 1. The lowest BCUT2D eigenvalue weighted by molar-refractivity contribution is -0.187. The monoisotopic (exact) mass is 370 g/mol. The molecule has 1 N–H and O–H groups in total. The van der Waals surface area contributed by atoms with Crippen LogP contribution in [0.25, 0.3) is 10.6 Å². The lowest BCUT2D eigenvalue weighted by atomic mass is 9.96. The third-order valence-electron chi connectivity index (χ3n) is 4.08. The van der Waals surface area contributed by atoms with E-state index in [9.17, 15) is 22.8 Å². The van der Waals surface area contributed by atoms with Crippen LogP contribution in [0.4, 0.5) is 13.2 Å². The normalized spacial score (nSPS) is 20.7. The summed E-state index contributed by atoms with van der Waals surface area (Å²) in [6, 6.07) is 9.07. The van der Waals surface area contributed by atoms with Crippen LogP contribution in [0.15, 0.2) is 36.5 Å². The lowest BCUT2D eigenvalue weighted by Gasteiger charge is -2.18. The summed E-state index contributed by atoms with van der Waals surface area (Å²) in [4.78, 5) is 28.8. The fourth-order valence-corrected chi connectivity index (χ4v) is 3.68. The van der Waals surface area contributed by atoms with E-state index in [1.54, 1.807) is 0 Å². The van der Waals surface area contributed by atoms with Gasteiger partial charge in [0.05, 0.1) is 18.0 Å². The highest BCUT2D eigenvalue weighted by atomic mass is 32.1. The van der Waals surface area contributed by atoms with Gasteiger partial charge in [0, 0.05) is 18.7 Å². The van der Waals surface area contributed by atoms with Gasteiger partial charge in [-0.1, -0.05) is 30.3 Å². The van der Waals surface area contributed by atoms with E-state index < -0.39 is 43.0 Å². The number of likely N-dealkylation sites (tertiary alicyclic amines) is 1. The van der Waals surface area contributed by atoms with Crippen LogP contribution in [0.3, 0.4) is 0 Å². The van der Waals surface area contributed by atoms with Crippen molar-refractivity contribution in [3.05, 3.63) is 41.4 Å². The zero-order valence-corrected chi connectivity index (χ0v) is 13.5. The number of nitrogens with zero attached hydrogens (tertiary/aromatic N) is 2. The third-order valence-corrected chi connectivity index (χ3v) is 5.12. The molecule has 1 aliphatic heterocycles. The Balaban J connectivity index is 1.80. The average Bonchev–Trinajstić information content (AvgIpc) is 3.22. The van der Waals surface area contributed by atoms with Crippen molar-refractivity contribution in [2.75, 3.05) is 13.1 Å². The summed E-state index contributed by atoms with van der Waals surface area (Å²) in [7, 11) is 0. The molecule has 1 amide bonds. The second kappa shape index (κ2) is 6.47. The Hall–Kier alpha value is -2.42. The van der Waals surface area contributed by atoms with E-state index in [2.05, 4.69) is 4.98 Å². The molecule has 1 saturated heterocycles. The van der Waals surface area contributed by atoms with Crippen molar-refractivity contribution in [2.45, 2.75) is 6.18 Å². The second-order valence-electron chi connectivity index (χ2n) is 5.70. The summed E-state index contributed by atoms with van der Waals surface area (Å²) < 4.78 is 39.1. The quantitative estimate of drug-likeness (QED) is 0.901. The van der Waals surface area contributed by atoms with Gasteiger partial charge in [0.2, 0.25) is 0 Å². The Morgan fingerprint density at radius 1 is 1.20 bits per heavy atom. The number of hydrogen-bond donors (Lipinski definition) is 1. The first-order valence-corrected chi connectivity index (χ1v) is 8.19. The molecule has 0 radical (unpaired) electrons. The van der Waals surface area contributed by atoms with Gasteiger partial charge >= 0.3 is 12.1 Å². The number of benzene rings is 1. The van der Waals surface area contributed by atoms with Crippen LogP contribution in [-0.2, 0) is 4.79 Å². The van der Waals surface area contributed by atoms with Crippen LogP contribution in [-0.4, -0.2) is 46.1 Å². The van der Waals surface area contributed by atoms with Crippen molar-refractivity contribution in [1.29, 1.82) is 0 Å². The minimum Gasteiger partial charge on any atom is -0.481 e. The molecule has 0 spiro atoms. The molecule has 0 aliphatic carbocycles. The minimum absolute atomic E-state index is 0.186. The van der Waals surface area contributed by atoms with Crippen molar-refractivity contribution in [3.8, 4) is 10.6 Å². The van der Waals surface area contributed by atoms with Crippen LogP contribution < -0.4 is 0 Å². The highest BCUT2D eigenvalue weighted by molar-refractivity contribution is 7.16. The van der Waals surface area contributed by atoms with Gasteiger partial charge in [-0.15, -0.1) is 11.3 Å². The van der Waals surface area contributed by atoms with Gasteiger partial charge in [-0.05, 0) is 0 Å². The standard InChI is InChI=1S/C16H13F3N2O3S/c17-16(18,19)11-8-21(7-10(11)15(23)24)14(22)12-6-20-13(25-12)9-4-2-1-3-5-9/h1-6,10-11H,7-8H2,(H,23,24)/t10-,11-/m1/s1. The molecule has 0 saturated carbocycles. The van der Waals surface area contributed by atoms with Crippen LogP contribution in [0.2, 0.25) is 0 Å². The van der Waals surface area contributed by atoms with Gasteiger partial charge in [0.25, 0.3) is 5.91 Å². The molecule has 2 atom stereocenters. The number of alkyl halides is 3. The van der Waals surface area contributed by atoms with Crippen molar-refractivity contribution in [2.24, 2.45) is 11.8 Å². The topological polar surface area (TPSA) is 70.5 Å². The number of carbonyl (C=O) groups is 2. The molecule has 1 aliphatic rings. The fraction of sp³-hybridized carbons (Fsp3) is 0.312. The number of hydrogen-bond acceptors (Lipinski definition) is 4. The molecule has 25 heavy (non-hydrogen) atoms. The molecule has 1 fully saturated rings. The molecule has 5 nitrogen and oxygen atoms in total. The predicted octanol–water partition coefficient (Wildman–Crippen LogP) is 3.15. The Morgan fingerprint density at radius 3 is 2.44 bits per heavy atom. The number of rotatable bonds is 3. The van der Waals surface area contributed by atoms with Gasteiger partial charge in [0.1, 0.15) is 9.88 Å². The molecule has 0 unspecified atom stereocenters. The molecule has 1 aromatic carbocycles. The smallest absolute Gasteiger partial charge is 0.394 e. The van der Waals surface area contributed by atoms with Crippen molar-refractivity contribution in [3.63, 3.8) is 0 Å². The number of carboxylic acids is 1. The summed E-state index contributed by atoms with van der Waals surface area (Å²) in [5.74, 6) is -5.88. The van der Waals surface area contributed by atoms with E-state index in [0.717, 1.165) is 21.8 Å². The third kappa shape index (κ3) is 3.51. The Labute approximate surface area is 144 Å². The van der Waals surface area contributed by atoms with E-state index in [0.29, 0.717) is 5.01 Å². The summed E-state index contributed by atoms with van der Waals surface area (Å²) >= 11 is 1.07. The molecule has 3 rings (SSSR count). The van der Waals surface area contributed by atoms with Crippen LogP contribution >= 0.6 is 11.3 Å². The van der Waals surface area contributed by atoms with Crippen LogP contribution in [0, 0.1) is 11.8 Å². The molecular weight excluding hydrogens is 357 g/mol. The number of aliphatic carboxylic acids is 1. The number of thiazole rings is 1. The molecule has 2 heterocycles. The molecule has 1 aromatic heterocycles. The SMILES string of the molecule is O=C(O)[C@@H]1CN(C(=O)c2cnc(-c3ccccc3)s2)C[C@H]1C(F)(F)F. The summed E-state index contributed by atoms with van der Waals surface area (Å²) in [6.07, 6.45) is -3.35. The maximum absolute atomic E-state index is 13.0. The summed E-state index contributed by atoms with van der Waals surface area (Å²) in [6.45, 7) is -1.12. The van der Waals surface area contributed by atoms with Crippen molar-refractivity contribution < 1.29 is 27.9 Å². The van der Waals surface area contributed by atoms with Gasteiger partial charge < -0.3 is 10.0 Å².